The number of carbonyl (C=O) groups is 1. The Bertz CT molecular complexity index is 479. The molecule has 0 spiro atoms. The monoisotopic (exact) mass is 292 g/mol. The van der Waals surface area contributed by atoms with E-state index in [1.54, 1.807) is 0 Å². The van der Waals surface area contributed by atoms with Crippen molar-refractivity contribution < 1.29 is 4.79 Å². The van der Waals surface area contributed by atoms with Gasteiger partial charge in [0.15, 0.2) is 0 Å². The van der Waals surface area contributed by atoms with Crippen molar-refractivity contribution in [3.05, 3.63) is 17.5 Å². The van der Waals surface area contributed by atoms with Crippen LogP contribution in [0.15, 0.2) is 6.07 Å². The van der Waals surface area contributed by atoms with Crippen molar-refractivity contribution in [1.82, 2.24) is 20.0 Å². The number of amides is 1. The first-order valence-corrected chi connectivity index (χ1v) is 8.06. The van der Waals surface area contributed by atoms with Gasteiger partial charge in [-0.15, -0.1) is 0 Å². The van der Waals surface area contributed by atoms with Gasteiger partial charge in [0, 0.05) is 25.8 Å². The van der Waals surface area contributed by atoms with Crippen LogP contribution in [0.4, 0.5) is 0 Å². The fourth-order valence-corrected chi connectivity index (χ4v) is 3.28. The molecule has 0 saturated carbocycles. The van der Waals surface area contributed by atoms with E-state index in [1.165, 1.54) is 5.69 Å². The lowest BCUT2D eigenvalue weighted by Crippen LogP contribution is -2.50. The summed E-state index contributed by atoms with van der Waals surface area (Å²) in [5, 5.41) is 7.80. The van der Waals surface area contributed by atoms with Crippen molar-refractivity contribution in [1.29, 1.82) is 0 Å². The van der Waals surface area contributed by atoms with Gasteiger partial charge in [-0.1, -0.05) is 0 Å². The maximum atomic E-state index is 12.5. The molecule has 1 aliphatic heterocycles. The van der Waals surface area contributed by atoms with Crippen LogP contribution >= 0.6 is 0 Å². The van der Waals surface area contributed by atoms with Crippen LogP contribution in [0.5, 0.6) is 0 Å². The summed E-state index contributed by atoms with van der Waals surface area (Å²) in [6.07, 6.45) is 3.08. The van der Waals surface area contributed by atoms with E-state index in [2.05, 4.69) is 16.5 Å². The molecule has 21 heavy (non-hydrogen) atoms. The molecule has 1 aromatic heterocycles. The third-order valence-corrected chi connectivity index (χ3v) is 4.48. The number of carbonyl (C=O) groups excluding carboxylic acids is 1. The van der Waals surface area contributed by atoms with Crippen molar-refractivity contribution in [3.8, 4) is 0 Å². The maximum absolute atomic E-state index is 12.5. The van der Waals surface area contributed by atoms with E-state index in [-0.39, 0.29) is 11.9 Å². The smallest absolute Gasteiger partial charge is 0.239 e. The maximum Gasteiger partial charge on any atom is 0.239 e. The summed E-state index contributed by atoms with van der Waals surface area (Å²) in [7, 11) is 2.00. The van der Waals surface area contributed by atoms with Crippen molar-refractivity contribution in [2.75, 3.05) is 19.6 Å². The van der Waals surface area contributed by atoms with Crippen molar-refractivity contribution in [2.45, 2.75) is 46.1 Å². The zero-order valence-electron chi connectivity index (χ0n) is 13.7. The molecule has 5 heteroatoms. The van der Waals surface area contributed by atoms with Gasteiger partial charge in [-0.3, -0.25) is 9.48 Å². The standard InChI is InChI=1S/C16H28N4O/c1-5-20(6-2)16(21)15-11-13(7-8-17-15)10-14-9-12(3)18-19(14)4/h9,13,15,17H,5-8,10-11H2,1-4H3. The molecule has 1 amide bonds. The van der Waals surface area contributed by atoms with Gasteiger partial charge in [0.1, 0.15) is 0 Å². The highest BCUT2D eigenvalue weighted by atomic mass is 16.2. The van der Waals surface area contributed by atoms with E-state index in [1.807, 2.05) is 37.4 Å². The molecule has 5 nitrogen and oxygen atoms in total. The lowest BCUT2D eigenvalue weighted by Gasteiger charge is -2.32. The highest BCUT2D eigenvalue weighted by Crippen LogP contribution is 2.22. The van der Waals surface area contributed by atoms with E-state index in [0.29, 0.717) is 5.92 Å². The van der Waals surface area contributed by atoms with Crippen molar-refractivity contribution >= 4 is 5.91 Å². The van der Waals surface area contributed by atoms with Crippen LogP contribution < -0.4 is 5.32 Å². The van der Waals surface area contributed by atoms with E-state index < -0.39 is 0 Å². The number of rotatable bonds is 5. The van der Waals surface area contributed by atoms with Crippen LogP contribution in [-0.2, 0) is 18.3 Å². The summed E-state index contributed by atoms with van der Waals surface area (Å²) in [5.74, 6) is 0.816. The minimum absolute atomic E-state index is 0.0158. The molecule has 0 aromatic carbocycles. The summed E-state index contributed by atoms with van der Waals surface area (Å²) in [5.41, 5.74) is 2.34. The Balaban J connectivity index is 1.97. The topological polar surface area (TPSA) is 50.2 Å². The van der Waals surface area contributed by atoms with E-state index >= 15 is 0 Å². The van der Waals surface area contributed by atoms with Crippen LogP contribution in [0.25, 0.3) is 0 Å². The lowest BCUT2D eigenvalue weighted by molar-refractivity contribution is -0.134. The average Bonchev–Trinajstić information content (AvgIpc) is 2.78. The van der Waals surface area contributed by atoms with Gasteiger partial charge >= 0.3 is 0 Å². The van der Waals surface area contributed by atoms with E-state index in [9.17, 15) is 4.79 Å². The largest absolute Gasteiger partial charge is 0.342 e. The number of aromatic nitrogens is 2. The second-order valence-electron chi connectivity index (χ2n) is 6.01. The summed E-state index contributed by atoms with van der Waals surface area (Å²) in [6.45, 7) is 8.62. The van der Waals surface area contributed by atoms with Gasteiger partial charge in [-0.2, -0.15) is 5.10 Å². The van der Waals surface area contributed by atoms with Gasteiger partial charge < -0.3 is 10.2 Å². The molecule has 1 fully saturated rings. The first-order chi connectivity index (χ1) is 10.0. The zero-order valence-corrected chi connectivity index (χ0v) is 13.7. The number of hydrogen-bond donors (Lipinski definition) is 1. The molecule has 0 bridgehead atoms. The summed E-state index contributed by atoms with van der Waals surface area (Å²) in [6, 6.07) is 2.14. The molecular formula is C16H28N4O. The highest BCUT2D eigenvalue weighted by Gasteiger charge is 2.29. The van der Waals surface area contributed by atoms with Crippen LogP contribution in [0.1, 0.15) is 38.1 Å². The molecule has 0 radical (unpaired) electrons. The van der Waals surface area contributed by atoms with Crippen molar-refractivity contribution in [3.63, 3.8) is 0 Å². The predicted octanol–water partition coefficient (Wildman–Crippen LogP) is 1.51. The van der Waals surface area contributed by atoms with E-state index in [4.69, 9.17) is 0 Å². The summed E-state index contributed by atoms with van der Waals surface area (Å²) in [4.78, 5) is 14.4. The third-order valence-electron chi connectivity index (χ3n) is 4.48. The Labute approximate surface area is 127 Å². The number of nitrogens with zero attached hydrogens (tertiary/aromatic N) is 3. The molecule has 2 heterocycles. The fraction of sp³-hybridized carbons (Fsp3) is 0.750. The van der Waals surface area contributed by atoms with Crippen molar-refractivity contribution in [2.24, 2.45) is 13.0 Å². The normalized spacial score (nSPS) is 22.3. The Morgan fingerprint density at radius 2 is 2.19 bits per heavy atom. The summed E-state index contributed by atoms with van der Waals surface area (Å²) < 4.78 is 1.97. The minimum atomic E-state index is -0.0158. The molecule has 1 saturated heterocycles. The molecular weight excluding hydrogens is 264 g/mol. The fourth-order valence-electron chi connectivity index (χ4n) is 3.28. The first kappa shape index (κ1) is 16.0. The number of piperidine rings is 1. The minimum Gasteiger partial charge on any atom is -0.342 e. The lowest BCUT2D eigenvalue weighted by atomic mass is 9.88. The Morgan fingerprint density at radius 1 is 1.48 bits per heavy atom. The van der Waals surface area contributed by atoms with Gasteiger partial charge in [0.05, 0.1) is 11.7 Å². The van der Waals surface area contributed by atoms with Crippen LogP contribution in [-0.4, -0.2) is 46.3 Å². The Kier molecular flexibility index (Phi) is 5.39. The van der Waals surface area contributed by atoms with Gasteiger partial charge in [0.25, 0.3) is 0 Å². The molecule has 1 N–H and O–H groups in total. The quantitative estimate of drug-likeness (QED) is 0.895. The van der Waals surface area contributed by atoms with Gasteiger partial charge in [-0.25, -0.2) is 0 Å². The second-order valence-corrected chi connectivity index (χ2v) is 6.01. The number of likely N-dealkylation sites (N-methyl/N-ethyl adjacent to an activating group) is 1. The second kappa shape index (κ2) is 7.07. The molecule has 1 aromatic rings. The molecule has 0 aliphatic carbocycles. The molecule has 2 atom stereocenters. The SMILES string of the molecule is CCN(CC)C(=O)C1CC(Cc2cc(C)nn2C)CCN1. The molecule has 2 unspecified atom stereocenters. The Hall–Kier alpha value is -1.36. The Morgan fingerprint density at radius 3 is 2.76 bits per heavy atom. The molecule has 2 rings (SSSR count). The third kappa shape index (κ3) is 3.84. The zero-order chi connectivity index (χ0) is 15.4. The van der Waals surface area contributed by atoms with E-state index in [0.717, 1.165) is 44.6 Å². The van der Waals surface area contributed by atoms with Crippen LogP contribution in [0, 0.1) is 12.8 Å². The number of aryl methyl sites for hydroxylation is 2. The highest BCUT2D eigenvalue weighted by molar-refractivity contribution is 5.82. The van der Waals surface area contributed by atoms with Crippen LogP contribution in [0.2, 0.25) is 0 Å². The predicted molar refractivity (Wildman–Crippen MR) is 84.1 cm³/mol. The first-order valence-electron chi connectivity index (χ1n) is 8.06. The van der Waals surface area contributed by atoms with Gasteiger partial charge in [0.2, 0.25) is 5.91 Å². The number of nitrogens with one attached hydrogen (secondary N) is 1. The average molecular weight is 292 g/mol. The summed E-state index contributed by atoms with van der Waals surface area (Å²) >= 11 is 0. The van der Waals surface area contributed by atoms with Crippen LogP contribution in [0.3, 0.4) is 0 Å². The number of hydrogen-bond acceptors (Lipinski definition) is 3. The molecule has 118 valence electrons. The molecule has 1 aliphatic rings. The van der Waals surface area contributed by atoms with Gasteiger partial charge in [-0.05, 0) is 58.6 Å².